The Labute approximate surface area is 133 Å². The number of benzene rings is 2. The van der Waals surface area contributed by atoms with Gasteiger partial charge in [-0.15, -0.1) is 0 Å². The van der Waals surface area contributed by atoms with Crippen LogP contribution in [0.4, 0.5) is 24.5 Å². The number of halogens is 3. The lowest BCUT2D eigenvalue weighted by Gasteiger charge is -2.32. The molecule has 3 rings (SSSR count). The van der Waals surface area contributed by atoms with Gasteiger partial charge in [-0.1, -0.05) is 24.3 Å². The van der Waals surface area contributed by atoms with E-state index >= 15 is 0 Å². The summed E-state index contributed by atoms with van der Waals surface area (Å²) in [7, 11) is 0. The fraction of sp³-hybridized carbons (Fsp3) is 0.278. The van der Waals surface area contributed by atoms with Gasteiger partial charge in [-0.25, -0.2) is 0 Å². The maximum Gasteiger partial charge on any atom is 0.416 e. The molecule has 0 amide bonds. The normalized spacial score (nSPS) is 14.3. The Morgan fingerprint density at radius 2 is 1.74 bits per heavy atom. The number of hydrogen-bond acceptors (Lipinski definition) is 2. The van der Waals surface area contributed by atoms with Crippen molar-refractivity contribution in [1.82, 2.24) is 0 Å². The summed E-state index contributed by atoms with van der Waals surface area (Å²) in [5.74, 6) is 0. The average molecular weight is 318 g/mol. The lowest BCUT2D eigenvalue weighted by Crippen LogP contribution is -2.34. The van der Waals surface area contributed by atoms with Gasteiger partial charge in [0.25, 0.3) is 0 Å². The SMILES string of the molecule is CC(C)N1CC=Nc2c(-c3ccc(C(F)(F)F)cc3)cccc21. The Morgan fingerprint density at radius 3 is 2.35 bits per heavy atom. The first-order valence-electron chi connectivity index (χ1n) is 7.48. The van der Waals surface area contributed by atoms with E-state index in [0.29, 0.717) is 6.04 Å². The van der Waals surface area contributed by atoms with Gasteiger partial charge in [-0.05, 0) is 37.6 Å². The number of anilines is 1. The zero-order valence-electron chi connectivity index (χ0n) is 12.9. The van der Waals surface area contributed by atoms with Crippen molar-refractivity contribution in [1.29, 1.82) is 0 Å². The van der Waals surface area contributed by atoms with Crippen molar-refractivity contribution in [2.75, 3.05) is 11.4 Å². The third kappa shape index (κ3) is 2.96. The molecule has 5 heteroatoms. The van der Waals surface area contributed by atoms with Gasteiger partial charge < -0.3 is 4.90 Å². The highest BCUT2D eigenvalue weighted by Crippen LogP contribution is 2.41. The van der Waals surface area contributed by atoms with Crippen molar-refractivity contribution in [3.05, 3.63) is 48.0 Å². The van der Waals surface area contributed by atoms with Gasteiger partial charge in [0.2, 0.25) is 0 Å². The fourth-order valence-corrected chi connectivity index (χ4v) is 2.78. The monoisotopic (exact) mass is 318 g/mol. The summed E-state index contributed by atoms with van der Waals surface area (Å²) >= 11 is 0. The van der Waals surface area contributed by atoms with Crippen LogP contribution in [0.15, 0.2) is 47.5 Å². The minimum atomic E-state index is -4.32. The molecule has 23 heavy (non-hydrogen) atoms. The summed E-state index contributed by atoms with van der Waals surface area (Å²) in [5.41, 5.74) is 2.76. The first-order valence-corrected chi connectivity index (χ1v) is 7.48. The first-order chi connectivity index (χ1) is 10.9. The van der Waals surface area contributed by atoms with Gasteiger partial charge in [0.15, 0.2) is 0 Å². The average Bonchev–Trinajstić information content (AvgIpc) is 2.53. The van der Waals surface area contributed by atoms with Crippen LogP contribution in [0.1, 0.15) is 19.4 Å². The van der Waals surface area contributed by atoms with Gasteiger partial charge in [0, 0.05) is 17.8 Å². The number of nitrogens with zero attached hydrogens (tertiary/aromatic N) is 2. The van der Waals surface area contributed by atoms with Crippen LogP contribution in [0.2, 0.25) is 0 Å². The molecule has 2 aromatic carbocycles. The smallest absolute Gasteiger partial charge is 0.362 e. The fourth-order valence-electron chi connectivity index (χ4n) is 2.78. The topological polar surface area (TPSA) is 15.6 Å². The Hall–Kier alpha value is -2.30. The molecule has 2 aromatic rings. The molecule has 0 aliphatic carbocycles. The number of alkyl halides is 3. The number of aliphatic imine (C=N–C) groups is 1. The van der Waals surface area contributed by atoms with E-state index < -0.39 is 11.7 Å². The molecule has 0 N–H and O–H groups in total. The van der Waals surface area contributed by atoms with Crippen LogP contribution in [0.5, 0.6) is 0 Å². The summed E-state index contributed by atoms with van der Waals surface area (Å²) in [4.78, 5) is 6.70. The van der Waals surface area contributed by atoms with Crippen molar-refractivity contribution in [3.8, 4) is 11.1 Å². The Balaban J connectivity index is 2.05. The van der Waals surface area contributed by atoms with Gasteiger partial charge >= 0.3 is 6.18 Å². The summed E-state index contributed by atoms with van der Waals surface area (Å²) in [5, 5.41) is 0. The Bertz CT molecular complexity index is 731. The quantitative estimate of drug-likeness (QED) is 0.733. The number of rotatable bonds is 2. The molecule has 0 atom stereocenters. The van der Waals surface area contributed by atoms with E-state index in [2.05, 4.69) is 23.7 Å². The van der Waals surface area contributed by atoms with E-state index in [-0.39, 0.29) is 0 Å². The van der Waals surface area contributed by atoms with Gasteiger partial charge in [-0.3, -0.25) is 4.99 Å². The second kappa shape index (κ2) is 5.72. The zero-order valence-corrected chi connectivity index (χ0v) is 12.9. The molecule has 0 radical (unpaired) electrons. The van der Waals surface area contributed by atoms with Crippen LogP contribution >= 0.6 is 0 Å². The lowest BCUT2D eigenvalue weighted by atomic mass is 9.99. The van der Waals surface area contributed by atoms with Gasteiger partial charge in [-0.2, -0.15) is 13.2 Å². The molecule has 0 spiro atoms. The summed E-state index contributed by atoms with van der Waals surface area (Å²) in [6.07, 6.45) is -2.48. The second-order valence-corrected chi connectivity index (χ2v) is 5.81. The standard InChI is InChI=1S/C18H17F3N2/c1-12(2)23-11-10-22-17-15(4-3-5-16(17)23)13-6-8-14(9-7-13)18(19,20)21/h3-10,12H,11H2,1-2H3. The third-order valence-electron chi connectivity index (χ3n) is 3.97. The highest BCUT2D eigenvalue weighted by Gasteiger charge is 2.30. The number of fused-ring (bicyclic) bond motifs is 1. The molecule has 1 aliphatic rings. The minimum Gasteiger partial charge on any atom is -0.362 e. The van der Waals surface area contributed by atoms with E-state index in [1.54, 1.807) is 0 Å². The van der Waals surface area contributed by atoms with Crippen LogP contribution in [-0.2, 0) is 6.18 Å². The highest BCUT2D eigenvalue weighted by atomic mass is 19.4. The first kappa shape index (κ1) is 15.6. The maximum atomic E-state index is 12.7. The van der Waals surface area contributed by atoms with Gasteiger partial charge in [0.1, 0.15) is 0 Å². The molecule has 120 valence electrons. The van der Waals surface area contributed by atoms with Crippen LogP contribution in [0.25, 0.3) is 11.1 Å². The molecule has 0 aromatic heterocycles. The number of hydrogen-bond donors (Lipinski definition) is 0. The molecular weight excluding hydrogens is 301 g/mol. The predicted molar refractivity (Wildman–Crippen MR) is 87.5 cm³/mol. The second-order valence-electron chi connectivity index (χ2n) is 5.81. The van der Waals surface area contributed by atoms with Crippen LogP contribution < -0.4 is 4.90 Å². The molecule has 1 aliphatic heterocycles. The molecule has 1 heterocycles. The Morgan fingerprint density at radius 1 is 1.04 bits per heavy atom. The van der Waals surface area contributed by atoms with Crippen molar-refractivity contribution in [2.24, 2.45) is 4.99 Å². The molecule has 2 nitrogen and oxygen atoms in total. The van der Waals surface area contributed by atoms with E-state index in [4.69, 9.17) is 0 Å². The molecule has 0 unspecified atom stereocenters. The maximum absolute atomic E-state index is 12.7. The molecular formula is C18H17F3N2. The van der Waals surface area contributed by atoms with Crippen molar-refractivity contribution in [3.63, 3.8) is 0 Å². The van der Waals surface area contributed by atoms with Crippen molar-refractivity contribution in [2.45, 2.75) is 26.1 Å². The van der Waals surface area contributed by atoms with E-state index in [1.807, 2.05) is 24.4 Å². The predicted octanol–water partition coefficient (Wildman–Crippen LogP) is 5.30. The minimum absolute atomic E-state index is 0.323. The van der Waals surface area contributed by atoms with E-state index in [1.165, 1.54) is 12.1 Å². The third-order valence-corrected chi connectivity index (χ3v) is 3.97. The van der Waals surface area contributed by atoms with Gasteiger partial charge in [0.05, 0.1) is 23.5 Å². The molecule has 0 fully saturated rings. The van der Waals surface area contributed by atoms with Crippen LogP contribution in [-0.4, -0.2) is 18.8 Å². The molecule has 0 saturated carbocycles. The van der Waals surface area contributed by atoms with E-state index in [9.17, 15) is 13.2 Å². The number of para-hydroxylation sites is 1. The zero-order chi connectivity index (χ0) is 16.6. The summed E-state index contributed by atoms with van der Waals surface area (Å²) in [6.45, 7) is 4.95. The molecule has 0 saturated heterocycles. The lowest BCUT2D eigenvalue weighted by molar-refractivity contribution is -0.137. The molecule has 0 bridgehead atoms. The van der Waals surface area contributed by atoms with Crippen LogP contribution in [0, 0.1) is 0 Å². The summed E-state index contributed by atoms with van der Waals surface area (Å²) in [6, 6.07) is 11.4. The highest BCUT2D eigenvalue weighted by molar-refractivity contribution is 5.91. The van der Waals surface area contributed by atoms with E-state index in [0.717, 1.165) is 41.2 Å². The largest absolute Gasteiger partial charge is 0.416 e. The van der Waals surface area contributed by atoms with Crippen molar-refractivity contribution >= 4 is 17.6 Å². The van der Waals surface area contributed by atoms with Crippen molar-refractivity contribution < 1.29 is 13.2 Å². The summed E-state index contributed by atoms with van der Waals surface area (Å²) < 4.78 is 38.1. The van der Waals surface area contributed by atoms with Crippen LogP contribution in [0.3, 0.4) is 0 Å². The Kier molecular flexibility index (Phi) is 3.88.